The first-order valence-corrected chi connectivity index (χ1v) is 15.9. The fourth-order valence-electron chi connectivity index (χ4n) is 4.56. The number of phenols is 2. The molecule has 0 aliphatic heterocycles. The molecule has 0 fully saturated rings. The van der Waals surface area contributed by atoms with Gasteiger partial charge in [0.2, 0.25) is 35.4 Å². The molecule has 5 atom stereocenters. The van der Waals surface area contributed by atoms with Crippen molar-refractivity contribution in [3.05, 3.63) is 59.7 Å². The normalized spacial score (nSPS) is 13.7. The van der Waals surface area contributed by atoms with Gasteiger partial charge in [-0.15, -0.1) is 0 Å². The molecular weight excluding hydrogens is 654 g/mol. The van der Waals surface area contributed by atoms with Gasteiger partial charge >= 0.3 is 5.97 Å². The number of amides is 6. The van der Waals surface area contributed by atoms with Crippen LogP contribution in [-0.2, 0) is 46.4 Å². The highest BCUT2D eigenvalue weighted by molar-refractivity contribution is 5.96. The minimum atomic E-state index is -1.44. The van der Waals surface area contributed by atoms with E-state index in [9.17, 15) is 43.8 Å². The summed E-state index contributed by atoms with van der Waals surface area (Å²) in [4.78, 5) is 88.0. The monoisotopic (exact) mass is 699 g/mol. The second-order valence-electron chi connectivity index (χ2n) is 11.7. The van der Waals surface area contributed by atoms with Crippen LogP contribution in [0.5, 0.6) is 11.5 Å². The molecule has 12 N–H and O–H groups in total. The second-order valence-corrected chi connectivity index (χ2v) is 11.7. The number of hydrogen-bond donors (Lipinski definition) is 10. The van der Waals surface area contributed by atoms with E-state index in [1.54, 1.807) is 19.1 Å². The van der Waals surface area contributed by atoms with E-state index >= 15 is 0 Å². The van der Waals surface area contributed by atoms with E-state index in [1.807, 2.05) is 6.92 Å². The smallest absolute Gasteiger partial charge is 0.322 e. The molecule has 0 saturated carbocycles. The van der Waals surface area contributed by atoms with E-state index in [0.717, 1.165) is 0 Å². The van der Waals surface area contributed by atoms with Crippen molar-refractivity contribution in [1.82, 2.24) is 26.6 Å². The Labute approximate surface area is 288 Å². The number of carboxylic acids is 1. The molecule has 0 radical (unpaired) electrons. The molecule has 2 aromatic rings. The number of nitrogens with two attached hydrogens (primary N) is 2. The van der Waals surface area contributed by atoms with Crippen LogP contribution in [0.25, 0.3) is 0 Å². The highest BCUT2D eigenvalue weighted by Gasteiger charge is 2.32. The van der Waals surface area contributed by atoms with Gasteiger partial charge in [-0.3, -0.25) is 33.6 Å². The number of benzene rings is 2. The van der Waals surface area contributed by atoms with Gasteiger partial charge in [0.15, 0.2) is 0 Å². The summed E-state index contributed by atoms with van der Waals surface area (Å²) < 4.78 is 0. The number of nitrogens with one attached hydrogen (secondary N) is 5. The van der Waals surface area contributed by atoms with Crippen LogP contribution < -0.4 is 38.1 Å². The molecule has 0 aliphatic carbocycles. The Morgan fingerprint density at radius 2 is 1.14 bits per heavy atom. The largest absolute Gasteiger partial charge is 0.508 e. The minimum absolute atomic E-state index is 0.0208. The van der Waals surface area contributed by atoms with Gasteiger partial charge in [0.05, 0.1) is 12.6 Å². The Bertz CT molecular complexity index is 1500. The van der Waals surface area contributed by atoms with Gasteiger partial charge in [-0.25, -0.2) is 0 Å². The molecule has 2 rings (SSSR count). The van der Waals surface area contributed by atoms with Crippen molar-refractivity contribution < 1.29 is 48.9 Å². The van der Waals surface area contributed by atoms with E-state index < -0.39 is 78.7 Å². The number of carboxylic acid groups (broad SMARTS) is 1. The zero-order valence-electron chi connectivity index (χ0n) is 27.8. The summed E-state index contributed by atoms with van der Waals surface area (Å²) >= 11 is 0. The average Bonchev–Trinajstić information content (AvgIpc) is 3.08. The van der Waals surface area contributed by atoms with Crippen LogP contribution in [0, 0.1) is 5.92 Å². The van der Waals surface area contributed by atoms with E-state index in [0.29, 0.717) is 17.5 Å². The third kappa shape index (κ3) is 14.2. The van der Waals surface area contributed by atoms with Gasteiger partial charge in [0, 0.05) is 19.3 Å². The number of phenolic OH excluding ortho intramolecular Hbond substituents is 2. The van der Waals surface area contributed by atoms with E-state index in [-0.39, 0.29) is 43.1 Å². The summed E-state index contributed by atoms with van der Waals surface area (Å²) in [5.41, 5.74) is 12.5. The van der Waals surface area contributed by atoms with Crippen molar-refractivity contribution in [2.75, 3.05) is 13.1 Å². The quantitative estimate of drug-likeness (QED) is 0.0743. The van der Waals surface area contributed by atoms with Crippen LogP contribution in [-0.4, -0.2) is 94.0 Å². The molecule has 0 bridgehead atoms. The van der Waals surface area contributed by atoms with Crippen LogP contribution in [0.1, 0.15) is 44.2 Å². The van der Waals surface area contributed by atoms with Crippen molar-refractivity contribution >= 4 is 41.4 Å². The highest BCUT2D eigenvalue weighted by Crippen LogP contribution is 2.14. The number of primary amides is 1. The Balaban J connectivity index is 2.34. The summed E-state index contributed by atoms with van der Waals surface area (Å²) in [5.74, 6) is -6.36. The van der Waals surface area contributed by atoms with Gasteiger partial charge < -0.3 is 53.4 Å². The van der Waals surface area contributed by atoms with Gasteiger partial charge in [-0.2, -0.15) is 0 Å². The Hall–Kier alpha value is -5.71. The molecule has 2 aromatic carbocycles. The molecular formula is C33H45N7O10. The highest BCUT2D eigenvalue weighted by atomic mass is 16.4. The zero-order valence-corrected chi connectivity index (χ0v) is 27.8. The van der Waals surface area contributed by atoms with Crippen LogP contribution in [0.2, 0.25) is 0 Å². The molecule has 17 heteroatoms. The fourth-order valence-corrected chi connectivity index (χ4v) is 4.56. The lowest BCUT2D eigenvalue weighted by Crippen LogP contribution is -2.59. The van der Waals surface area contributed by atoms with Crippen LogP contribution in [0.4, 0.5) is 0 Å². The average molecular weight is 700 g/mol. The standard InChI is InChI=1S/C33H45N7O10/c1-3-18(2)29(35)33(50)40-25(15-20-6-10-22(42)11-7-20)32(49)38-23(12-13-26(34)43)31(48)39-24(14-19-4-8-21(41)9-5-19)30(47)37-16-27(44)36-17-28(45)46/h4-11,18,23-25,29,41-42H,3,12-17,35H2,1-2H3,(H2,34,43)(H,36,44)(H,37,47)(H,38,49)(H,39,48)(H,40,50)(H,45,46)/t18-,23-,24-,25-,29-/m0/s1. The van der Waals surface area contributed by atoms with Gasteiger partial charge in [0.25, 0.3) is 0 Å². The van der Waals surface area contributed by atoms with E-state index in [1.165, 1.54) is 36.4 Å². The first kappa shape index (κ1) is 40.5. The predicted molar refractivity (Wildman–Crippen MR) is 179 cm³/mol. The number of rotatable bonds is 20. The number of carbonyl (C=O) groups is 7. The minimum Gasteiger partial charge on any atom is -0.508 e. The van der Waals surface area contributed by atoms with Crippen molar-refractivity contribution in [2.45, 2.75) is 70.1 Å². The van der Waals surface area contributed by atoms with Crippen LogP contribution in [0.15, 0.2) is 48.5 Å². The number of aromatic hydroxyl groups is 2. The zero-order chi connectivity index (χ0) is 37.4. The molecule has 0 aromatic heterocycles. The third-order valence-electron chi connectivity index (χ3n) is 7.75. The lowest BCUT2D eigenvalue weighted by atomic mass is 9.98. The maximum Gasteiger partial charge on any atom is 0.322 e. The second kappa shape index (κ2) is 20.0. The summed E-state index contributed by atoms with van der Waals surface area (Å²) in [5, 5.41) is 40.2. The first-order valence-electron chi connectivity index (χ1n) is 15.9. The van der Waals surface area contributed by atoms with Crippen molar-refractivity contribution in [3.63, 3.8) is 0 Å². The van der Waals surface area contributed by atoms with Crippen molar-refractivity contribution in [3.8, 4) is 11.5 Å². The predicted octanol–water partition coefficient (Wildman–Crippen LogP) is -1.71. The summed E-state index contributed by atoms with van der Waals surface area (Å²) in [6, 6.07) is 6.59. The van der Waals surface area contributed by atoms with Crippen molar-refractivity contribution in [1.29, 1.82) is 0 Å². The molecule has 50 heavy (non-hydrogen) atoms. The maximum absolute atomic E-state index is 13.7. The summed E-state index contributed by atoms with van der Waals surface area (Å²) in [6.45, 7) is 2.33. The van der Waals surface area contributed by atoms with Gasteiger partial charge in [-0.1, -0.05) is 44.5 Å². The molecule has 272 valence electrons. The van der Waals surface area contributed by atoms with E-state index in [2.05, 4.69) is 26.6 Å². The number of carbonyl (C=O) groups excluding carboxylic acids is 6. The number of hydrogen-bond acceptors (Lipinski definition) is 10. The first-order chi connectivity index (χ1) is 23.6. The summed E-state index contributed by atoms with van der Waals surface area (Å²) in [7, 11) is 0. The molecule has 6 amide bonds. The Morgan fingerprint density at radius 1 is 0.680 bits per heavy atom. The lowest BCUT2D eigenvalue weighted by Gasteiger charge is -2.26. The topological polar surface area (TPSA) is 292 Å². The summed E-state index contributed by atoms with van der Waals surface area (Å²) in [6.07, 6.45) is -0.247. The molecule has 17 nitrogen and oxygen atoms in total. The molecule has 0 aliphatic rings. The van der Waals surface area contributed by atoms with Crippen LogP contribution in [0.3, 0.4) is 0 Å². The van der Waals surface area contributed by atoms with Gasteiger partial charge in [0.1, 0.15) is 36.2 Å². The molecule has 0 heterocycles. The maximum atomic E-state index is 13.7. The molecule has 0 saturated heterocycles. The lowest BCUT2D eigenvalue weighted by molar-refractivity contribution is -0.138. The number of aliphatic carboxylic acids is 1. The van der Waals surface area contributed by atoms with Crippen molar-refractivity contribution in [2.24, 2.45) is 17.4 Å². The van der Waals surface area contributed by atoms with Crippen LogP contribution >= 0.6 is 0 Å². The Kier molecular flexibility index (Phi) is 16.1. The Morgan fingerprint density at radius 3 is 1.62 bits per heavy atom. The third-order valence-corrected chi connectivity index (χ3v) is 7.75. The molecule has 0 spiro atoms. The van der Waals surface area contributed by atoms with E-state index in [4.69, 9.17) is 16.6 Å². The van der Waals surface area contributed by atoms with Gasteiger partial charge in [-0.05, 0) is 47.7 Å². The fraction of sp³-hybridized carbons (Fsp3) is 0.424. The SMILES string of the molecule is CC[C@H](C)[C@H](N)C(=O)N[C@@H](Cc1ccc(O)cc1)C(=O)N[C@@H](CCC(N)=O)C(=O)N[C@@H](Cc1ccc(O)cc1)C(=O)NCC(=O)NCC(=O)O. The molecule has 0 unspecified atom stereocenters.